The van der Waals surface area contributed by atoms with Crippen molar-refractivity contribution in [2.24, 2.45) is 5.73 Å². The molecule has 0 unspecified atom stereocenters. The molecule has 3 N–H and O–H groups in total. The van der Waals surface area contributed by atoms with Crippen molar-refractivity contribution in [3.8, 4) is 0 Å². The van der Waals surface area contributed by atoms with Gasteiger partial charge in [0.1, 0.15) is 16.7 Å². The lowest BCUT2D eigenvalue weighted by molar-refractivity contribution is 0.0594. The molecule has 1 saturated heterocycles. The molecule has 0 amide bonds. The lowest BCUT2D eigenvalue weighted by Crippen LogP contribution is -2.44. The zero-order valence-corrected chi connectivity index (χ0v) is 17.8. The van der Waals surface area contributed by atoms with Gasteiger partial charge in [0.2, 0.25) is 5.95 Å². The largest absolute Gasteiger partial charge is 0.464 e. The van der Waals surface area contributed by atoms with Crippen molar-refractivity contribution in [1.29, 1.82) is 0 Å². The number of H-pyrrole nitrogens is 1. The Morgan fingerprint density at radius 3 is 2.83 bits per heavy atom. The third-order valence-corrected chi connectivity index (χ3v) is 5.98. The maximum atomic E-state index is 13.0. The molecule has 1 aliphatic heterocycles. The first-order chi connectivity index (χ1) is 14.4. The van der Waals surface area contributed by atoms with Gasteiger partial charge in [0.15, 0.2) is 0 Å². The predicted octanol–water partition coefficient (Wildman–Crippen LogP) is 2.79. The molecule has 10 heteroatoms. The van der Waals surface area contributed by atoms with E-state index in [0.717, 1.165) is 24.9 Å². The molecule has 0 spiro atoms. The quantitative estimate of drug-likeness (QED) is 0.593. The number of methoxy groups -OCH3 is 1. The first-order valence-corrected chi connectivity index (χ1v) is 10.3. The number of piperidine rings is 1. The monoisotopic (exact) mass is 449 g/mol. The van der Waals surface area contributed by atoms with Crippen molar-refractivity contribution in [3.05, 3.63) is 55.9 Å². The highest BCUT2D eigenvalue weighted by Gasteiger charge is 2.27. The summed E-state index contributed by atoms with van der Waals surface area (Å²) in [4.78, 5) is 34.3. The summed E-state index contributed by atoms with van der Waals surface area (Å²) in [6.07, 6.45) is 1.84. The van der Waals surface area contributed by atoms with E-state index in [-0.39, 0.29) is 27.8 Å². The molecule has 0 bridgehead atoms. The van der Waals surface area contributed by atoms with Crippen molar-refractivity contribution >= 4 is 46.2 Å². The molecular weight excluding hydrogens is 429 g/mol. The molecule has 2 aromatic heterocycles. The lowest BCUT2D eigenvalue weighted by Gasteiger charge is -2.32. The number of aromatic amines is 1. The smallest absolute Gasteiger partial charge is 0.356 e. The maximum Gasteiger partial charge on any atom is 0.356 e. The van der Waals surface area contributed by atoms with Gasteiger partial charge in [-0.2, -0.15) is 0 Å². The van der Waals surface area contributed by atoms with Crippen molar-refractivity contribution in [3.63, 3.8) is 0 Å². The molecular formula is C20H21Cl2N5O3. The van der Waals surface area contributed by atoms with Crippen LogP contribution in [0.15, 0.2) is 29.1 Å². The van der Waals surface area contributed by atoms with Crippen LogP contribution in [0.25, 0.3) is 11.0 Å². The molecule has 1 fully saturated rings. The van der Waals surface area contributed by atoms with Crippen LogP contribution < -0.4 is 16.2 Å². The van der Waals surface area contributed by atoms with Gasteiger partial charge in [-0.1, -0.05) is 41.4 Å². The van der Waals surface area contributed by atoms with Gasteiger partial charge in [0.05, 0.1) is 18.7 Å². The number of carbonyl (C=O) groups excluding carboxylic acids is 1. The summed E-state index contributed by atoms with van der Waals surface area (Å²) < 4.78 is 6.51. The molecule has 1 atom stereocenters. The second-order valence-electron chi connectivity index (χ2n) is 7.27. The van der Waals surface area contributed by atoms with Crippen LogP contribution in [-0.4, -0.2) is 46.7 Å². The molecule has 158 valence electrons. The Morgan fingerprint density at radius 1 is 1.37 bits per heavy atom. The summed E-state index contributed by atoms with van der Waals surface area (Å²) in [7, 11) is 1.22. The van der Waals surface area contributed by atoms with Gasteiger partial charge >= 0.3 is 5.97 Å². The zero-order chi connectivity index (χ0) is 21.4. The van der Waals surface area contributed by atoms with E-state index in [2.05, 4.69) is 9.97 Å². The number of nitrogens with two attached hydrogens (primary N) is 1. The molecule has 30 heavy (non-hydrogen) atoms. The molecule has 3 heterocycles. The SMILES string of the molecule is COC(=O)c1[nH]c(=O)c2c(nc(N3CCC[C@@H](N)C3)n2Cc2ccccc2Cl)c1Cl. The van der Waals surface area contributed by atoms with Crippen LogP contribution >= 0.6 is 23.2 Å². The number of benzene rings is 1. The van der Waals surface area contributed by atoms with E-state index in [1.165, 1.54) is 7.11 Å². The van der Waals surface area contributed by atoms with Crippen molar-refractivity contribution in [1.82, 2.24) is 14.5 Å². The van der Waals surface area contributed by atoms with E-state index in [4.69, 9.17) is 33.7 Å². The van der Waals surface area contributed by atoms with Crippen LogP contribution in [0.3, 0.4) is 0 Å². The fourth-order valence-electron chi connectivity index (χ4n) is 3.79. The lowest BCUT2D eigenvalue weighted by atomic mass is 10.1. The van der Waals surface area contributed by atoms with Gasteiger partial charge in [-0.05, 0) is 24.5 Å². The van der Waals surface area contributed by atoms with Crippen LogP contribution in [0.4, 0.5) is 5.95 Å². The minimum atomic E-state index is -0.735. The number of ether oxygens (including phenoxy) is 1. The van der Waals surface area contributed by atoms with E-state index in [1.807, 2.05) is 23.1 Å². The Balaban J connectivity index is 1.95. The van der Waals surface area contributed by atoms with Gasteiger partial charge < -0.3 is 24.9 Å². The Labute approximate surface area is 182 Å². The molecule has 0 aliphatic carbocycles. The standard InChI is InChI=1S/C20H21Cl2N5O3/c1-30-19(29)16-14(22)15-17(18(28)24-16)27(9-11-5-2-3-7-13(11)21)20(25-15)26-8-4-6-12(23)10-26/h2-3,5,7,12H,4,6,8-10,23H2,1H3,(H,24,28)/t12-/m1/s1. The van der Waals surface area contributed by atoms with E-state index < -0.39 is 11.5 Å². The summed E-state index contributed by atoms with van der Waals surface area (Å²) in [5.74, 6) is -0.171. The summed E-state index contributed by atoms with van der Waals surface area (Å²) in [6, 6.07) is 7.40. The number of carbonyl (C=O) groups is 1. The number of hydrogen-bond donors (Lipinski definition) is 2. The van der Waals surface area contributed by atoms with Crippen LogP contribution in [0.1, 0.15) is 28.9 Å². The Kier molecular flexibility index (Phi) is 5.73. The van der Waals surface area contributed by atoms with Gasteiger partial charge in [-0.25, -0.2) is 9.78 Å². The molecule has 4 rings (SSSR count). The second kappa shape index (κ2) is 8.29. The minimum absolute atomic E-state index is 0.00621. The maximum absolute atomic E-state index is 13.0. The Hall–Kier alpha value is -2.55. The number of aromatic nitrogens is 3. The number of anilines is 1. The minimum Gasteiger partial charge on any atom is -0.464 e. The topological polar surface area (TPSA) is 106 Å². The second-order valence-corrected chi connectivity index (χ2v) is 8.05. The first kappa shape index (κ1) is 20.7. The summed E-state index contributed by atoms with van der Waals surface area (Å²) in [5.41, 5.74) is 6.89. The molecule has 8 nitrogen and oxygen atoms in total. The average molecular weight is 450 g/mol. The zero-order valence-electron chi connectivity index (χ0n) is 16.3. The number of hydrogen-bond acceptors (Lipinski definition) is 6. The number of fused-ring (bicyclic) bond motifs is 1. The van der Waals surface area contributed by atoms with Crippen LogP contribution in [0.2, 0.25) is 10.0 Å². The van der Waals surface area contributed by atoms with Crippen molar-refractivity contribution in [2.45, 2.75) is 25.4 Å². The molecule has 0 saturated carbocycles. The fourth-order valence-corrected chi connectivity index (χ4v) is 4.24. The third kappa shape index (κ3) is 3.66. The molecule has 1 aliphatic rings. The number of nitrogens with zero attached hydrogens (tertiary/aromatic N) is 3. The fraction of sp³-hybridized carbons (Fsp3) is 0.350. The average Bonchev–Trinajstić information content (AvgIpc) is 3.12. The highest BCUT2D eigenvalue weighted by Crippen LogP contribution is 2.31. The highest BCUT2D eigenvalue weighted by atomic mass is 35.5. The summed E-state index contributed by atoms with van der Waals surface area (Å²) in [6.45, 7) is 1.67. The number of nitrogens with one attached hydrogen (secondary N) is 1. The van der Waals surface area contributed by atoms with Crippen molar-refractivity contribution in [2.75, 3.05) is 25.1 Å². The predicted molar refractivity (Wildman–Crippen MR) is 117 cm³/mol. The highest BCUT2D eigenvalue weighted by molar-refractivity contribution is 6.37. The summed E-state index contributed by atoms with van der Waals surface area (Å²) in [5, 5.41) is 0.617. The van der Waals surface area contributed by atoms with Crippen LogP contribution in [0.5, 0.6) is 0 Å². The van der Waals surface area contributed by atoms with E-state index >= 15 is 0 Å². The van der Waals surface area contributed by atoms with Crippen LogP contribution in [0, 0.1) is 0 Å². The normalized spacial score (nSPS) is 16.8. The first-order valence-electron chi connectivity index (χ1n) is 9.55. The van der Waals surface area contributed by atoms with E-state index in [9.17, 15) is 9.59 Å². The number of pyridine rings is 1. The van der Waals surface area contributed by atoms with E-state index in [1.54, 1.807) is 10.6 Å². The number of imidazole rings is 1. The Bertz CT molecular complexity index is 1170. The van der Waals surface area contributed by atoms with Gasteiger partial charge in [-0.15, -0.1) is 0 Å². The van der Waals surface area contributed by atoms with E-state index in [0.29, 0.717) is 24.1 Å². The third-order valence-electron chi connectivity index (χ3n) is 5.24. The van der Waals surface area contributed by atoms with Gasteiger partial charge in [0, 0.05) is 24.2 Å². The number of esters is 1. The number of halogens is 2. The van der Waals surface area contributed by atoms with Crippen LogP contribution in [-0.2, 0) is 11.3 Å². The van der Waals surface area contributed by atoms with Crippen molar-refractivity contribution < 1.29 is 9.53 Å². The molecule has 1 aromatic carbocycles. The molecule has 3 aromatic rings. The summed E-state index contributed by atoms with van der Waals surface area (Å²) >= 11 is 12.8. The number of rotatable bonds is 4. The van der Waals surface area contributed by atoms with Gasteiger partial charge in [-0.3, -0.25) is 4.79 Å². The van der Waals surface area contributed by atoms with Gasteiger partial charge in [0.25, 0.3) is 5.56 Å². The Morgan fingerprint density at radius 2 is 2.13 bits per heavy atom. The molecule has 0 radical (unpaired) electrons.